The van der Waals surface area contributed by atoms with E-state index >= 15 is 0 Å². The molecule has 0 unspecified atom stereocenters. The molecule has 0 N–H and O–H groups in total. The van der Waals surface area contributed by atoms with Gasteiger partial charge >= 0.3 is 5.97 Å². The molecule has 1 saturated heterocycles. The number of thiazole rings is 1. The predicted molar refractivity (Wildman–Crippen MR) is 127 cm³/mol. The Balaban J connectivity index is 1.29. The molecule has 6 heteroatoms. The first-order valence-corrected chi connectivity index (χ1v) is 11.6. The molecule has 0 aliphatic carbocycles. The van der Waals surface area contributed by atoms with Crippen molar-refractivity contribution in [1.82, 2.24) is 4.98 Å². The number of fused-ring (bicyclic) bond motifs is 1. The highest BCUT2D eigenvalue weighted by molar-refractivity contribution is 7.22. The monoisotopic (exact) mass is 442 g/mol. The van der Waals surface area contributed by atoms with Gasteiger partial charge in [0.25, 0.3) is 0 Å². The van der Waals surface area contributed by atoms with E-state index in [9.17, 15) is 9.59 Å². The number of carbonyl (C=O) groups is 2. The molecule has 4 aromatic rings. The maximum absolute atomic E-state index is 12.6. The van der Waals surface area contributed by atoms with Gasteiger partial charge in [0, 0.05) is 30.3 Å². The third-order valence-electron chi connectivity index (χ3n) is 5.60. The van der Waals surface area contributed by atoms with E-state index < -0.39 is 5.97 Å². The van der Waals surface area contributed by atoms with Crippen LogP contribution in [0.3, 0.4) is 0 Å². The summed E-state index contributed by atoms with van der Waals surface area (Å²) in [5, 5.41) is 1.03. The minimum Gasteiger partial charge on any atom is -0.423 e. The van der Waals surface area contributed by atoms with Crippen LogP contribution in [-0.2, 0) is 0 Å². The van der Waals surface area contributed by atoms with Crippen LogP contribution in [0.15, 0.2) is 72.8 Å². The lowest BCUT2D eigenvalue weighted by molar-refractivity contribution is 0.0734. The number of nitrogens with zero attached hydrogens (tertiary/aromatic N) is 2. The SMILES string of the molecule is O=C(Oc1ccc2nc(N3CCCCC3)sc2c1)c1ccc(C(=O)c2ccccc2)cc1. The summed E-state index contributed by atoms with van der Waals surface area (Å²) in [6, 6.07) is 21.2. The Morgan fingerprint density at radius 2 is 1.50 bits per heavy atom. The minimum absolute atomic E-state index is 0.0781. The number of esters is 1. The fourth-order valence-electron chi connectivity index (χ4n) is 3.86. The van der Waals surface area contributed by atoms with Gasteiger partial charge in [0.15, 0.2) is 10.9 Å². The van der Waals surface area contributed by atoms with Crippen LogP contribution in [0.2, 0.25) is 0 Å². The molecule has 2 heterocycles. The number of ketones is 1. The second kappa shape index (κ2) is 8.93. The summed E-state index contributed by atoms with van der Waals surface area (Å²) >= 11 is 1.63. The standard InChI is InChI=1S/C26H22N2O3S/c29-24(18-7-3-1-4-8-18)19-9-11-20(12-10-19)25(30)31-21-13-14-22-23(17-21)32-26(27-22)28-15-5-2-6-16-28/h1,3-4,7-14,17H,2,5-6,15-16H2. The van der Waals surface area contributed by atoms with Gasteiger partial charge in [-0.05, 0) is 43.5 Å². The van der Waals surface area contributed by atoms with Gasteiger partial charge in [-0.3, -0.25) is 4.79 Å². The maximum Gasteiger partial charge on any atom is 0.343 e. The van der Waals surface area contributed by atoms with Crippen molar-refractivity contribution in [3.8, 4) is 5.75 Å². The zero-order valence-corrected chi connectivity index (χ0v) is 18.3. The van der Waals surface area contributed by atoms with Gasteiger partial charge in [0.05, 0.1) is 15.8 Å². The van der Waals surface area contributed by atoms with Gasteiger partial charge in [0.2, 0.25) is 0 Å². The number of aromatic nitrogens is 1. The zero-order chi connectivity index (χ0) is 21.9. The molecule has 5 nitrogen and oxygen atoms in total. The molecule has 1 aromatic heterocycles. The van der Waals surface area contributed by atoms with Gasteiger partial charge in [0.1, 0.15) is 5.75 Å². The second-order valence-corrected chi connectivity index (χ2v) is 8.84. The molecule has 0 radical (unpaired) electrons. The van der Waals surface area contributed by atoms with Gasteiger partial charge in [-0.1, -0.05) is 53.8 Å². The van der Waals surface area contributed by atoms with Crippen molar-refractivity contribution in [3.63, 3.8) is 0 Å². The normalized spacial score (nSPS) is 13.8. The number of hydrogen-bond acceptors (Lipinski definition) is 6. The number of ether oxygens (including phenoxy) is 1. The van der Waals surface area contributed by atoms with E-state index in [4.69, 9.17) is 9.72 Å². The van der Waals surface area contributed by atoms with E-state index in [-0.39, 0.29) is 5.78 Å². The third-order valence-corrected chi connectivity index (χ3v) is 6.68. The zero-order valence-electron chi connectivity index (χ0n) is 17.5. The molecular weight excluding hydrogens is 420 g/mol. The van der Waals surface area contributed by atoms with E-state index in [1.54, 1.807) is 53.8 Å². The number of benzene rings is 3. The van der Waals surface area contributed by atoms with Crippen LogP contribution < -0.4 is 9.64 Å². The van der Waals surface area contributed by atoms with Gasteiger partial charge in [-0.25, -0.2) is 9.78 Å². The van der Waals surface area contributed by atoms with Crippen LogP contribution in [0.4, 0.5) is 5.13 Å². The van der Waals surface area contributed by atoms with E-state index in [2.05, 4.69) is 4.90 Å². The minimum atomic E-state index is -0.455. The van der Waals surface area contributed by atoms with Crippen molar-refractivity contribution >= 4 is 38.4 Å². The fourth-order valence-corrected chi connectivity index (χ4v) is 4.90. The Morgan fingerprint density at radius 3 is 2.25 bits per heavy atom. The molecule has 5 rings (SSSR count). The number of hydrogen-bond donors (Lipinski definition) is 0. The first kappa shape index (κ1) is 20.4. The molecule has 0 amide bonds. The number of piperidine rings is 1. The van der Waals surface area contributed by atoms with Crippen LogP contribution in [0.1, 0.15) is 45.5 Å². The molecule has 32 heavy (non-hydrogen) atoms. The van der Waals surface area contributed by atoms with Crippen LogP contribution in [0.5, 0.6) is 5.75 Å². The van der Waals surface area contributed by atoms with Crippen molar-refractivity contribution in [2.45, 2.75) is 19.3 Å². The molecule has 1 fully saturated rings. The molecule has 3 aromatic carbocycles. The van der Waals surface area contributed by atoms with Gasteiger partial charge < -0.3 is 9.64 Å². The lowest BCUT2D eigenvalue weighted by atomic mass is 10.0. The number of rotatable bonds is 5. The number of carbonyl (C=O) groups excluding carboxylic acids is 2. The van der Waals surface area contributed by atoms with Crippen LogP contribution >= 0.6 is 11.3 Å². The Bertz CT molecular complexity index is 1260. The molecule has 160 valence electrons. The van der Waals surface area contributed by atoms with E-state index in [0.29, 0.717) is 22.4 Å². The van der Waals surface area contributed by atoms with Gasteiger partial charge in [-0.2, -0.15) is 0 Å². The number of anilines is 1. The summed E-state index contributed by atoms with van der Waals surface area (Å²) < 4.78 is 6.59. The maximum atomic E-state index is 12.6. The van der Waals surface area contributed by atoms with Gasteiger partial charge in [-0.15, -0.1) is 0 Å². The fraction of sp³-hybridized carbons (Fsp3) is 0.192. The lowest BCUT2D eigenvalue weighted by Gasteiger charge is -2.25. The summed E-state index contributed by atoms with van der Waals surface area (Å²) in [4.78, 5) is 32.2. The van der Waals surface area contributed by atoms with Crippen molar-refractivity contribution < 1.29 is 14.3 Å². The largest absolute Gasteiger partial charge is 0.423 e. The second-order valence-electron chi connectivity index (χ2n) is 7.84. The van der Waals surface area contributed by atoms with E-state index in [0.717, 1.165) is 28.4 Å². The van der Waals surface area contributed by atoms with Crippen molar-refractivity contribution in [2.24, 2.45) is 0 Å². The average Bonchev–Trinajstić information content (AvgIpc) is 3.28. The molecule has 0 spiro atoms. The molecule has 0 atom stereocenters. The van der Waals surface area contributed by atoms with Crippen molar-refractivity contribution in [3.05, 3.63) is 89.5 Å². The highest BCUT2D eigenvalue weighted by Crippen LogP contribution is 2.33. The summed E-state index contributed by atoms with van der Waals surface area (Å²) in [5.41, 5.74) is 2.46. The average molecular weight is 443 g/mol. The topological polar surface area (TPSA) is 59.5 Å². The predicted octanol–water partition coefficient (Wildman–Crippen LogP) is 5.74. The molecule has 1 aliphatic heterocycles. The quantitative estimate of drug-likeness (QED) is 0.224. The molecular formula is C26H22N2O3S. The first-order chi connectivity index (χ1) is 15.7. The third kappa shape index (κ3) is 4.27. The highest BCUT2D eigenvalue weighted by atomic mass is 32.1. The van der Waals surface area contributed by atoms with Crippen molar-refractivity contribution in [1.29, 1.82) is 0 Å². The van der Waals surface area contributed by atoms with E-state index in [1.165, 1.54) is 19.3 Å². The summed E-state index contributed by atoms with van der Waals surface area (Å²) in [6.07, 6.45) is 3.69. The lowest BCUT2D eigenvalue weighted by Crippen LogP contribution is -2.29. The molecule has 0 bridgehead atoms. The van der Waals surface area contributed by atoms with Crippen LogP contribution in [0.25, 0.3) is 10.2 Å². The van der Waals surface area contributed by atoms with E-state index in [1.807, 2.05) is 30.3 Å². The molecule has 0 saturated carbocycles. The highest BCUT2D eigenvalue weighted by Gasteiger charge is 2.16. The first-order valence-electron chi connectivity index (χ1n) is 10.7. The molecule has 1 aliphatic rings. The smallest absolute Gasteiger partial charge is 0.343 e. The Kier molecular flexibility index (Phi) is 5.69. The summed E-state index contributed by atoms with van der Waals surface area (Å²) in [5.74, 6) is -0.0460. The Labute approximate surface area is 190 Å². The van der Waals surface area contributed by atoms with Crippen molar-refractivity contribution in [2.75, 3.05) is 18.0 Å². The van der Waals surface area contributed by atoms with Crippen LogP contribution in [0, 0.1) is 0 Å². The summed E-state index contributed by atoms with van der Waals surface area (Å²) in [6.45, 7) is 2.09. The Morgan fingerprint density at radius 1 is 0.812 bits per heavy atom. The van der Waals surface area contributed by atoms with Crippen LogP contribution in [-0.4, -0.2) is 29.8 Å². The summed E-state index contributed by atoms with van der Waals surface area (Å²) in [7, 11) is 0. The Hall–Kier alpha value is -3.51.